The minimum absolute atomic E-state index is 0.0320. The monoisotopic (exact) mass is 336 g/mol. The molecule has 0 bridgehead atoms. The highest BCUT2D eigenvalue weighted by molar-refractivity contribution is 7.13. The minimum Gasteiger partial charge on any atom is -0.371 e. The van der Waals surface area contributed by atoms with Gasteiger partial charge >= 0.3 is 0 Å². The van der Waals surface area contributed by atoms with E-state index in [1.807, 2.05) is 38.1 Å². The molecule has 6 heteroatoms. The van der Waals surface area contributed by atoms with Crippen LogP contribution in [-0.4, -0.2) is 23.5 Å². The largest absolute Gasteiger partial charge is 0.371 e. The number of thiazole rings is 1. The summed E-state index contributed by atoms with van der Waals surface area (Å²) in [7, 11) is 0. The van der Waals surface area contributed by atoms with Crippen molar-refractivity contribution in [2.24, 2.45) is 0 Å². The Morgan fingerprint density at radius 2 is 2.09 bits per heavy atom. The van der Waals surface area contributed by atoms with E-state index in [9.17, 15) is 4.79 Å². The lowest BCUT2D eigenvalue weighted by Gasteiger charge is -2.20. The lowest BCUT2D eigenvalue weighted by atomic mass is 10.0. The minimum atomic E-state index is -0.129. The van der Waals surface area contributed by atoms with Crippen molar-refractivity contribution in [3.8, 4) is 0 Å². The molecule has 1 amide bonds. The van der Waals surface area contributed by atoms with Gasteiger partial charge in [0.2, 0.25) is 0 Å². The molecular weight excluding hydrogens is 320 g/mol. The molecule has 1 fully saturated rings. The van der Waals surface area contributed by atoms with Crippen LogP contribution in [0.1, 0.15) is 38.5 Å². The summed E-state index contributed by atoms with van der Waals surface area (Å²) in [6.07, 6.45) is 0.672. The number of hydrogen-bond donors (Lipinski definition) is 1. The molecule has 3 rings (SSSR count). The number of benzene rings is 1. The Morgan fingerprint density at radius 3 is 2.73 bits per heavy atom. The van der Waals surface area contributed by atoms with Crippen molar-refractivity contribution in [3.05, 3.63) is 50.4 Å². The zero-order valence-corrected chi connectivity index (χ0v) is 14.0. The highest BCUT2D eigenvalue weighted by Gasteiger charge is 2.31. The van der Waals surface area contributed by atoms with Crippen molar-refractivity contribution >= 4 is 28.8 Å². The number of aromatic nitrogens is 1. The predicted octanol–water partition coefficient (Wildman–Crippen LogP) is 3.67. The molecule has 22 heavy (non-hydrogen) atoms. The second-order valence-corrected chi connectivity index (χ2v) is 7.00. The van der Waals surface area contributed by atoms with E-state index in [0.29, 0.717) is 16.5 Å². The van der Waals surface area contributed by atoms with Gasteiger partial charge in [-0.2, -0.15) is 0 Å². The smallest absolute Gasteiger partial charge is 0.263 e. The molecule has 1 N–H and O–H groups in total. The number of rotatable bonds is 3. The van der Waals surface area contributed by atoms with Crippen LogP contribution in [0, 0.1) is 13.8 Å². The van der Waals surface area contributed by atoms with Crippen LogP contribution in [0.4, 0.5) is 0 Å². The Morgan fingerprint density at radius 1 is 1.36 bits per heavy atom. The van der Waals surface area contributed by atoms with Crippen LogP contribution < -0.4 is 5.32 Å². The van der Waals surface area contributed by atoms with Gasteiger partial charge in [-0.15, -0.1) is 11.3 Å². The summed E-state index contributed by atoms with van der Waals surface area (Å²) in [6.45, 7) is 4.41. The first-order valence-electron chi connectivity index (χ1n) is 7.16. The van der Waals surface area contributed by atoms with E-state index < -0.39 is 0 Å². The van der Waals surface area contributed by atoms with Gasteiger partial charge in [0.25, 0.3) is 5.91 Å². The highest BCUT2D eigenvalue weighted by Crippen LogP contribution is 2.30. The number of hydrogen-bond acceptors (Lipinski definition) is 4. The Bertz CT molecular complexity index is 684. The highest BCUT2D eigenvalue weighted by atomic mass is 35.5. The molecule has 1 aliphatic rings. The number of aryl methyl sites for hydroxylation is 2. The van der Waals surface area contributed by atoms with Crippen molar-refractivity contribution < 1.29 is 9.53 Å². The molecule has 2 heterocycles. The summed E-state index contributed by atoms with van der Waals surface area (Å²) < 4.78 is 5.79. The molecule has 0 radical (unpaired) electrons. The van der Waals surface area contributed by atoms with E-state index in [2.05, 4.69) is 10.3 Å². The number of halogens is 1. The maximum Gasteiger partial charge on any atom is 0.263 e. The van der Waals surface area contributed by atoms with Crippen LogP contribution in [0.2, 0.25) is 5.02 Å². The molecule has 2 aromatic rings. The average molecular weight is 337 g/mol. The van der Waals surface area contributed by atoms with Gasteiger partial charge in [-0.1, -0.05) is 23.7 Å². The van der Waals surface area contributed by atoms with Crippen LogP contribution in [0.15, 0.2) is 24.3 Å². The van der Waals surface area contributed by atoms with Gasteiger partial charge in [-0.3, -0.25) is 4.79 Å². The van der Waals surface area contributed by atoms with Crippen LogP contribution in [0.5, 0.6) is 0 Å². The van der Waals surface area contributed by atoms with Crippen LogP contribution >= 0.6 is 22.9 Å². The number of ether oxygens (including phenoxy) is 1. The summed E-state index contributed by atoms with van der Waals surface area (Å²) >= 11 is 7.35. The third-order valence-corrected chi connectivity index (χ3v) is 5.04. The Balaban J connectivity index is 1.75. The van der Waals surface area contributed by atoms with Gasteiger partial charge in [0.15, 0.2) is 0 Å². The molecular formula is C16H17ClN2O2S. The Hall–Kier alpha value is -1.43. The van der Waals surface area contributed by atoms with Crippen LogP contribution in [0.3, 0.4) is 0 Å². The van der Waals surface area contributed by atoms with Gasteiger partial charge in [0, 0.05) is 11.6 Å². The van der Waals surface area contributed by atoms with Gasteiger partial charge in [0.05, 0.1) is 16.7 Å². The van der Waals surface area contributed by atoms with Crippen LogP contribution in [-0.2, 0) is 4.74 Å². The summed E-state index contributed by atoms with van der Waals surface area (Å²) in [5.41, 5.74) is 1.81. The summed E-state index contributed by atoms with van der Waals surface area (Å²) in [6, 6.07) is 7.54. The average Bonchev–Trinajstić information content (AvgIpc) is 3.06. The number of nitrogens with zero attached hydrogens (tertiary/aromatic N) is 1. The number of nitrogens with one attached hydrogen (secondary N) is 1. The van der Waals surface area contributed by atoms with Crippen LogP contribution in [0.25, 0.3) is 0 Å². The second kappa shape index (κ2) is 6.36. The standard InChI is InChI=1S/C16H17ClN2O2S/c1-9-15(22-10(2)18-9)16(20)19-13-7-8-21-14(13)11-3-5-12(17)6-4-11/h3-6,13-14H,7-8H2,1-2H3,(H,19,20)/t13-,14+/m0/s1. The Kier molecular flexibility index (Phi) is 4.47. The van der Waals surface area contributed by atoms with Gasteiger partial charge in [-0.05, 0) is 38.0 Å². The van der Waals surface area contributed by atoms with Gasteiger partial charge in [0.1, 0.15) is 11.0 Å². The topological polar surface area (TPSA) is 51.2 Å². The van der Waals surface area contributed by atoms with E-state index in [-0.39, 0.29) is 18.1 Å². The van der Waals surface area contributed by atoms with E-state index in [1.165, 1.54) is 11.3 Å². The third kappa shape index (κ3) is 3.16. The lowest BCUT2D eigenvalue weighted by Crippen LogP contribution is -2.36. The third-order valence-electron chi connectivity index (χ3n) is 3.72. The first-order chi connectivity index (χ1) is 10.5. The number of carbonyl (C=O) groups excluding carboxylic acids is 1. The van der Waals surface area contributed by atoms with Crippen molar-refractivity contribution in [1.82, 2.24) is 10.3 Å². The van der Waals surface area contributed by atoms with Crippen molar-refractivity contribution in [2.45, 2.75) is 32.4 Å². The summed E-state index contributed by atoms with van der Waals surface area (Å²) in [4.78, 5) is 17.4. The molecule has 1 saturated heterocycles. The van der Waals surface area contributed by atoms with Gasteiger partial charge in [-0.25, -0.2) is 4.98 Å². The Labute approximate surface area is 138 Å². The van der Waals surface area contributed by atoms with E-state index in [1.54, 1.807) is 0 Å². The van der Waals surface area contributed by atoms with E-state index in [4.69, 9.17) is 16.3 Å². The molecule has 1 aliphatic heterocycles. The fourth-order valence-electron chi connectivity index (χ4n) is 2.69. The molecule has 1 aromatic heterocycles. The molecule has 0 spiro atoms. The van der Waals surface area contributed by atoms with Crippen molar-refractivity contribution in [1.29, 1.82) is 0 Å². The first kappa shape index (κ1) is 15.5. The zero-order chi connectivity index (χ0) is 15.7. The molecule has 116 valence electrons. The predicted molar refractivity (Wildman–Crippen MR) is 87.6 cm³/mol. The van der Waals surface area contributed by atoms with Crippen molar-refractivity contribution in [3.63, 3.8) is 0 Å². The molecule has 0 saturated carbocycles. The SMILES string of the molecule is Cc1nc(C)c(C(=O)N[C@H]2CCO[C@@H]2c2ccc(Cl)cc2)s1. The fourth-order valence-corrected chi connectivity index (χ4v) is 3.64. The number of amides is 1. The molecule has 0 unspecified atom stereocenters. The molecule has 4 nitrogen and oxygen atoms in total. The van der Waals surface area contributed by atoms with Crippen molar-refractivity contribution in [2.75, 3.05) is 6.61 Å². The second-order valence-electron chi connectivity index (χ2n) is 5.36. The molecule has 2 atom stereocenters. The maximum absolute atomic E-state index is 12.4. The lowest BCUT2D eigenvalue weighted by molar-refractivity contribution is 0.0824. The quantitative estimate of drug-likeness (QED) is 0.930. The maximum atomic E-state index is 12.4. The van der Waals surface area contributed by atoms with E-state index in [0.717, 1.165) is 22.7 Å². The summed E-state index contributed by atoms with van der Waals surface area (Å²) in [5, 5.41) is 4.68. The van der Waals surface area contributed by atoms with Gasteiger partial charge < -0.3 is 10.1 Å². The molecule has 0 aliphatic carbocycles. The fraction of sp³-hybridized carbons (Fsp3) is 0.375. The molecule has 1 aromatic carbocycles. The first-order valence-corrected chi connectivity index (χ1v) is 8.36. The summed E-state index contributed by atoms with van der Waals surface area (Å²) in [5.74, 6) is -0.0717. The van der Waals surface area contributed by atoms with E-state index >= 15 is 0 Å². The normalized spacial score (nSPS) is 21.0. The number of carbonyl (C=O) groups is 1. The zero-order valence-electron chi connectivity index (χ0n) is 12.4.